The molecule has 18 heavy (non-hydrogen) atoms. The zero-order valence-corrected chi connectivity index (χ0v) is 11.8. The van der Waals surface area contributed by atoms with Gasteiger partial charge in [0, 0.05) is 0 Å². The molecular weight excluding hydrogens is 220 g/mol. The number of hydrogen-bond donors (Lipinski definition) is 0. The second kappa shape index (κ2) is 8.57. The standard InChI is InChI=1S/C17H24O/c1-4-5-6-8-15(2)9-7-10-16-11-13-17(18-3)14-12-16/h4-5,9,11-14H,6-8,10H2,1-3H3/b5-4+,15-9+. The van der Waals surface area contributed by atoms with Crippen molar-refractivity contribution in [2.45, 2.75) is 39.5 Å². The highest BCUT2D eigenvalue weighted by atomic mass is 16.5. The monoisotopic (exact) mass is 244 g/mol. The van der Waals surface area contributed by atoms with E-state index in [9.17, 15) is 0 Å². The molecule has 0 heterocycles. The van der Waals surface area contributed by atoms with Crippen molar-refractivity contribution in [3.63, 3.8) is 0 Å². The van der Waals surface area contributed by atoms with E-state index in [4.69, 9.17) is 4.74 Å². The molecule has 0 radical (unpaired) electrons. The zero-order valence-electron chi connectivity index (χ0n) is 11.8. The van der Waals surface area contributed by atoms with E-state index in [1.165, 1.54) is 17.6 Å². The van der Waals surface area contributed by atoms with Gasteiger partial charge >= 0.3 is 0 Å². The topological polar surface area (TPSA) is 9.23 Å². The van der Waals surface area contributed by atoms with Gasteiger partial charge in [-0.1, -0.05) is 35.9 Å². The molecular formula is C17H24O. The lowest BCUT2D eigenvalue weighted by Gasteiger charge is -2.02. The molecule has 0 saturated carbocycles. The van der Waals surface area contributed by atoms with Crippen molar-refractivity contribution in [3.8, 4) is 5.75 Å². The molecule has 1 nitrogen and oxygen atoms in total. The number of allylic oxidation sites excluding steroid dienone is 4. The van der Waals surface area contributed by atoms with Gasteiger partial charge in [-0.05, 0) is 57.2 Å². The van der Waals surface area contributed by atoms with Gasteiger partial charge in [0.1, 0.15) is 5.75 Å². The minimum Gasteiger partial charge on any atom is -0.497 e. The molecule has 0 aromatic heterocycles. The van der Waals surface area contributed by atoms with Crippen LogP contribution in [-0.4, -0.2) is 7.11 Å². The van der Waals surface area contributed by atoms with Crippen LogP contribution < -0.4 is 4.74 Å². The largest absolute Gasteiger partial charge is 0.497 e. The second-order valence-electron chi connectivity index (χ2n) is 4.54. The Morgan fingerprint density at radius 1 is 1.17 bits per heavy atom. The summed E-state index contributed by atoms with van der Waals surface area (Å²) in [5.41, 5.74) is 2.86. The Kier molecular flexibility index (Phi) is 6.93. The molecule has 98 valence electrons. The lowest BCUT2D eigenvalue weighted by Crippen LogP contribution is -1.86. The molecule has 0 aliphatic carbocycles. The third-order valence-corrected chi connectivity index (χ3v) is 3.03. The molecule has 0 spiro atoms. The molecule has 0 aliphatic rings. The first-order chi connectivity index (χ1) is 8.76. The Labute approximate surface area is 111 Å². The second-order valence-corrected chi connectivity index (χ2v) is 4.54. The van der Waals surface area contributed by atoms with Crippen LogP contribution in [0.3, 0.4) is 0 Å². The van der Waals surface area contributed by atoms with E-state index in [-0.39, 0.29) is 0 Å². The number of rotatable bonds is 7. The maximum atomic E-state index is 5.15. The molecule has 1 rings (SSSR count). The van der Waals surface area contributed by atoms with Gasteiger partial charge in [-0.15, -0.1) is 0 Å². The summed E-state index contributed by atoms with van der Waals surface area (Å²) in [6, 6.07) is 8.33. The average molecular weight is 244 g/mol. The smallest absolute Gasteiger partial charge is 0.118 e. The summed E-state index contributed by atoms with van der Waals surface area (Å²) in [6.07, 6.45) is 11.2. The van der Waals surface area contributed by atoms with Crippen LogP contribution in [0.5, 0.6) is 5.75 Å². The Morgan fingerprint density at radius 3 is 2.50 bits per heavy atom. The Bertz CT molecular complexity index is 385. The van der Waals surface area contributed by atoms with Gasteiger partial charge in [0.05, 0.1) is 7.11 Å². The van der Waals surface area contributed by atoms with Crippen LogP contribution in [0.15, 0.2) is 48.1 Å². The van der Waals surface area contributed by atoms with E-state index >= 15 is 0 Å². The van der Waals surface area contributed by atoms with Crippen molar-refractivity contribution < 1.29 is 4.74 Å². The molecule has 0 N–H and O–H groups in total. The first kappa shape index (κ1) is 14.6. The SMILES string of the molecule is C/C=C/CC/C(C)=C/CCc1ccc(OC)cc1. The summed E-state index contributed by atoms with van der Waals surface area (Å²) in [6.45, 7) is 4.29. The van der Waals surface area contributed by atoms with E-state index in [1.807, 2.05) is 12.1 Å². The van der Waals surface area contributed by atoms with E-state index in [2.05, 4.69) is 44.2 Å². The van der Waals surface area contributed by atoms with Crippen molar-refractivity contribution in [1.82, 2.24) is 0 Å². The summed E-state index contributed by atoms with van der Waals surface area (Å²) in [7, 11) is 1.70. The lowest BCUT2D eigenvalue weighted by atomic mass is 10.1. The van der Waals surface area contributed by atoms with Gasteiger partial charge in [0.25, 0.3) is 0 Å². The van der Waals surface area contributed by atoms with Gasteiger partial charge in [-0.3, -0.25) is 0 Å². The lowest BCUT2D eigenvalue weighted by molar-refractivity contribution is 0.414. The third-order valence-electron chi connectivity index (χ3n) is 3.03. The molecule has 0 saturated heterocycles. The Balaban J connectivity index is 2.33. The molecule has 1 aromatic carbocycles. The Morgan fingerprint density at radius 2 is 1.89 bits per heavy atom. The highest BCUT2D eigenvalue weighted by molar-refractivity contribution is 5.27. The number of ether oxygens (including phenoxy) is 1. The Hall–Kier alpha value is -1.50. The zero-order chi connectivity index (χ0) is 13.2. The first-order valence-corrected chi connectivity index (χ1v) is 6.66. The van der Waals surface area contributed by atoms with Crippen LogP contribution in [0.2, 0.25) is 0 Å². The van der Waals surface area contributed by atoms with Gasteiger partial charge in [-0.2, -0.15) is 0 Å². The van der Waals surface area contributed by atoms with Gasteiger partial charge in [-0.25, -0.2) is 0 Å². The predicted molar refractivity (Wildman–Crippen MR) is 79.1 cm³/mol. The van der Waals surface area contributed by atoms with Crippen molar-refractivity contribution in [2.24, 2.45) is 0 Å². The molecule has 0 amide bonds. The van der Waals surface area contributed by atoms with Crippen LogP contribution in [0.4, 0.5) is 0 Å². The summed E-state index contributed by atoms with van der Waals surface area (Å²) in [4.78, 5) is 0. The maximum Gasteiger partial charge on any atom is 0.118 e. The molecule has 0 bridgehead atoms. The number of methoxy groups -OCH3 is 1. The van der Waals surface area contributed by atoms with E-state index < -0.39 is 0 Å². The molecule has 0 unspecified atom stereocenters. The van der Waals surface area contributed by atoms with Crippen LogP contribution >= 0.6 is 0 Å². The quantitative estimate of drug-likeness (QED) is 0.618. The minimum absolute atomic E-state index is 0.928. The fourth-order valence-electron chi connectivity index (χ4n) is 1.86. The predicted octanol–water partition coefficient (Wildman–Crippen LogP) is 4.93. The first-order valence-electron chi connectivity index (χ1n) is 6.66. The van der Waals surface area contributed by atoms with E-state index in [0.717, 1.165) is 25.0 Å². The third kappa shape index (κ3) is 5.72. The fourth-order valence-corrected chi connectivity index (χ4v) is 1.86. The van der Waals surface area contributed by atoms with E-state index in [0.29, 0.717) is 0 Å². The molecule has 1 aromatic rings. The number of benzene rings is 1. The normalized spacial score (nSPS) is 12.1. The van der Waals surface area contributed by atoms with Crippen molar-refractivity contribution in [3.05, 3.63) is 53.6 Å². The van der Waals surface area contributed by atoms with Crippen molar-refractivity contribution in [1.29, 1.82) is 0 Å². The molecule has 0 atom stereocenters. The summed E-state index contributed by atoms with van der Waals surface area (Å²) in [5, 5.41) is 0. The van der Waals surface area contributed by atoms with Crippen LogP contribution in [-0.2, 0) is 6.42 Å². The van der Waals surface area contributed by atoms with Crippen molar-refractivity contribution in [2.75, 3.05) is 7.11 Å². The number of hydrogen-bond acceptors (Lipinski definition) is 1. The van der Waals surface area contributed by atoms with Gasteiger partial charge in [0.2, 0.25) is 0 Å². The fraction of sp³-hybridized carbons (Fsp3) is 0.412. The van der Waals surface area contributed by atoms with Crippen molar-refractivity contribution >= 4 is 0 Å². The highest BCUT2D eigenvalue weighted by Gasteiger charge is 1.94. The highest BCUT2D eigenvalue weighted by Crippen LogP contribution is 2.13. The summed E-state index contributed by atoms with van der Waals surface area (Å²) >= 11 is 0. The summed E-state index contributed by atoms with van der Waals surface area (Å²) in [5.74, 6) is 0.928. The summed E-state index contributed by atoms with van der Waals surface area (Å²) < 4.78 is 5.15. The minimum atomic E-state index is 0.928. The number of aryl methyl sites for hydroxylation is 1. The maximum absolute atomic E-state index is 5.15. The molecule has 0 aliphatic heterocycles. The average Bonchev–Trinajstić information content (AvgIpc) is 2.40. The van der Waals surface area contributed by atoms with Crippen LogP contribution in [0, 0.1) is 0 Å². The van der Waals surface area contributed by atoms with E-state index in [1.54, 1.807) is 7.11 Å². The molecule has 1 heteroatoms. The van der Waals surface area contributed by atoms with Gasteiger partial charge in [0.15, 0.2) is 0 Å². The van der Waals surface area contributed by atoms with Crippen LogP contribution in [0.25, 0.3) is 0 Å². The van der Waals surface area contributed by atoms with Gasteiger partial charge < -0.3 is 4.74 Å². The molecule has 0 fully saturated rings. The van der Waals surface area contributed by atoms with Crippen LogP contribution in [0.1, 0.15) is 38.7 Å².